The third-order valence-corrected chi connectivity index (χ3v) is 3.06. The van der Waals surface area contributed by atoms with Gasteiger partial charge in [-0.05, 0) is 36.2 Å². The number of aromatic hydroxyl groups is 1. The van der Waals surface area contributed by atoms with Crippen LogP contribution in [0, 0.1) is 0 Å². The molecule has 0 fully saturated rings. The number of rotatable bonds is 6. The minimum atomic E-state index is 0.141. The zero-order valence-electron chi connectivity index (χ0n) is 10.9. The van der Waals surface area contributed by atoms with Gasteiger partial charge in [0, 0.05) is 0 Å². The zero-order chi connectivity index (χ0) is 13.5. The highest BCUT2D eigenvalue weighted by molar-refractivity contribution is 5.34. The molecule has 2 aromatic carbocycles. The van der Waals surface area contributed by atoms with Crippen molar-refractivity contribution in [3.63, 3.8) is 0 Å². The van der Waals surface area contributed by atoms with E-state index in [1.54, 1.807) is 12.1 Å². The number of nitrogens with one attached hydrogen (secondary N) is 1. The summed E-state index contributed by atoms with van der Waals surface area (Å²) in [7, 11) is 0. The summed E-state index contributed by atoms with van der Waals surface area (Å²) < 4.78 is 0. The summed E-state index contributed by atoms with van der Waals surface area (Å²) in [6, 6.07) is 17.8. The standard InChI is InChI=1S/C17H19NO/c1-2-3-13-18-17(14-7-5-4-6-8-14)15-9-11-16(19)12-10-15/h2,4-12,17-19H,1,3,13H2. The molecule has 2 nitrogen and oxygen atoms in total. The third kappa shape index (κ3) is 3.70. The van der Waals surface area contributed by atoms with E-state index < -0.39 is 0 Å². The maximum Gasteiger partial charge on any atom is 0.115 e. The number of phenolic OH excluding ortho intramolecular Hbond substituents is 1. The molecular formula is C17H19NO. The Labute approximate surface area is 114 Å². The van der Waals surface area contributed by atoms with Crippen LogP contribution in [-0.2, 0) is 0 Å². The fourth-order valence-corrected chi connectivity index (χ4v) is 2.07. The molecule has 19 heavy (non-hydrogen) atoms. The molecule has 0 bridgehead atoms. The quantitative estimate of drug-likeness (QED) is 0.608. The first-order valence-electron chi connectivity index (χ1n) is 6.49. The van der Waals surface area contributed by atoms with Crippen LogP contribution in [0.2, 0.25) is 0 Å². The number of hydrogen-bond donors (Lipinski definition) is 2. The van der Waals surface area contributed by atoms with Crippen molar-refractivity contribution in [2.45, 2.75) is 12.5 Å². The molecule has 98 valence electrons. The van der Waals surface area contributed by atoms with Crippen molar-refractivity contribution >= 4 is 0 Å². The molecule has 2 aromatic rings. The van der Waals surface area contributed by atoms with Crippen LogP contribution in [-0.4, -0.2) is 11.7 Å². The second kappa shape index (κ2) is 6.76. The molecule has 2 heteroatoms. The van der Waals surface area contributed by atoms with Gasteiger partial charge in [-0.15, -0.1) is 6.58 Å². The summed E-state index contributed by atoms with van der Waals surface area (Å²) in [4.78, 5) is 0. The molecule has 0 spiro atoms. The minimum absolute atomic E-state index is 0.141. The molecule has 0 saturated heterocycles. The lowest BCUT2D eigenvalue weighted by atomic mass is 9.98. The first-order valence-corrected chi connectivity index (χ1v) is 6.49. The molecule has 2 N–H and O–H groups in total. The van der Waals surface area contributed by atoms with Crippen molar-refractivity contribution in [3.8, 4) is 5.75 Å². The second-order valence-electron chi connectivity index (χ2n) is 4.47. The van der Waals surface area contributed by atoms with Crippen LogP contribution in [0.15, 0.2) is 67.3 Å². The molecule has 1 atom stereocenters. The lowest BCUT2D eigenvalue weighted by Gasteiger charge is -2.19. The molecule has 2 rings (SSSR count). The molecule has 0 aliphatic carbocycles. The maximum atomic E-state index is 9.39. The molecule has 0 radical (unpaired) electrons. The Hall–Kier alpha value is -2.06. The van der Waals surface area contributed by atoms with Crippen LogP contribution >= 0.6 is 0 Å². The average molecular weight is 253 g/mol. The van der Waals surface area contributed by atoms with E-state index in [1.165, 1.54) is 5.56 Å². The van der Waals surface area contributed by atoms with Crippen molar-refractivity contribution in [2.75, 3.05) is 6.54 Å². The van der Waals surface area contributed by atoms with Gasteiger partial charge in [0.1, 0.15) is 5.75 Å². The smallest absolute Gasteiger partial charge is 0.115 e. The van der Waals surface area contributed by atoms with Crippen molar-refractivity contribution in [1.82, 2.24) is 5.32 Å². The summed E-state index contributed by atoms with van der Waals surface area (Å²) in [5.74, 6) is 0.293. The van der Waals surface area contributed by atoms with Gasteiger partial charge in [0.2, 0.25) is 0 Å². The van der Waals surface area contributed by atoms with E-state index in [0.717, 1.165) is 18.5 Å². The highest BCUT2D eigenvalue weighted by Gasteiger charge is 2.12. The van der Waals surface area contributed by atoms with Crippen LogP contribution in [0.4, 0.5) is 0 Å². The average Bonchev–Trinajstić information content (AvgIpc) is 2.46. The van der Waals surface area contributed by atoms with E-state index >= 15 is 0 Å². The molecule has 0 heterocycles. The number of hydrogen-bond acceptors (Lipinski definition) is 2. The predicted molar refractivity (Wildman–Crippen MR) is 79.2 cm³/mol. The molecule has 0 aliphatic heterocycles. The Balaban J connectivity index is 2.23. The van der Waals surface area contributed by atoms with E-state index in [1.807, 2.05) is 36.4 Å². The SMILES string of the molecule is C=CCCNC(c1ccccc1)c1ccc(O)cc1. The van der Waals surface area contributed by atoms with Gasteiger partial charge in [0.05, 0.1) is 6.04 Å². The van der Waals surface area contributed by atoms with E-state index in [4.69, 9.17) is 0 Å². The van der Waals surface area contributed by atoms with Crippen molar-refractivity contribution < 1.29 is 5.11 Å². The van der Waals surface area contributed by atoms with E-state index in [0.29, 0.717) is 5.75 Å². The maximum absolute atomic E-state index is 9.39. The van der Waals surface area contributed by atoms with Gasteiger partial charge in [-0.2, -0.15) is 0 Å². The Kier molecular flexibility index (Phi) is 4.76. The number of benzene rings is 2. The predicted octanol–water partition coefficient (Wildman–Crippen LogP) is 3.65. The van der Waals surface area contributed by atoms with Crippen LogP contribution in [0.25, 0.3) is 0 Å². The van der Waals surface area contributed by atoms with Crippen LogP contribution in [0.5, 0.6) is 5.75 Å². The van der Waals surface area contributed by atoms with Gasteiger partial charge in [-0.3, -0.25) is 0 Å². The van der Waals surface area contributed by atoms with Gasteiger partial charge < -0.3 is 10.4 Å². The van der Waals surface area contributed by atoms with Crippen LogP contribution in [0.1, 0.15) is 23.6 Å². The topological polar surface area (TPSA) is 32.3 Å². The van der Waals surface area contributed by atoms with Crippen LogP contribution < -0.4 is 5.32 Å². The van der Waals surface area contributed by atoms with Crippen molar-refractivity contribution in [2.24, 2.45) is 0 Å². The summed E-state index contributed by atoms with van der Waals surface area (Å²) in [5.41, 5.74) is 2.37. The Bertz CT molecular complexity index is 505. The lowest BCUT2D eigenvalue weighted by Crippen LogP contribution is -2.23. The molecule has 0 aromatic heterocycles. The normalized spacial score (nSPS) is 12.0. The summed E-state index contributed by atoms with van der Waals surface area (Å²) in [6.45, 7) is 4.62. The van der Waals surface area contributed by atoms with Gasteiger partial charge in [-0.25, -0.2) is 0 Å². The molecule has 0 saturated carbocycles. The van der Waals surface area contributed by atoms with Crippen LogP contribution in [0.3, 0.4) is 0 Å². The first kappa shape index (κ1) is 13.4. The molecular weight excluding hydrogens is 234 g/mol. The van der Waals surface area contributed by atoms with Crippen molar-refractivity contribution in [3.05, 3.63) is 78.4 Å². The summed E-state index contributed by atoms with van der Waals surface area (Å²) in [6.07, 6.45) is 2.84. The Morgan fingerprint density at radius 1 is 1.00 bits per heavy atom. The molecule has 1 unspecified atom stereocenters. The van der Waals surface area contributed by atoms with E-state index in [9.17, 15) is 5.11 Å². The fourth-order valence-electron chi connectivity index (χ4n) is 2.07. The highest BCUT2D eigenvalue weighted by Crippen LogP contribution is 2.23. The highest BCUT2D eigenvalue weighted by atomic mass is 16.3. The van der Waals surface area contributed by atoms with Crippen molar-refractivity contribution in [1.29, 1.82) is 0 Å². The molecule has 0 amide bonds. The Morgan fingerprint density at radius 2 is 1.63 bits per heavy atom. The van der Waals surface area contributed by atoms with Gasteiger partial charge in [0.25, 0.3) is 0 Å². The first-order chi connectivity index (χ1) is 9.31. The lowest BCUT2D eigenvalue weighted by molar-refractivity contribution is 0.474. The second-order valence-corrected chi connectivity index (χ2v) is 4.47. The van der Waals surface area contributed by atoms with Gasteiger partial charge in [0.15, 0.2) is 0 Å². The van der Waals surface area contributed by atoms with E-state index in [-0.39, 0.29) is 6.04 Å². The summed E-state index contributed by atoms with van der Waals surface area (Å²) in [5, 5.41) is 12.9. The van der Waals surface area contributed by atoms with E-state index in [2.05, 4.69) is 24.0 Å². The Morgan fingerprint density at radius 3 is 2.26 bits per heavy atom. The fraction of sp³-hybridized carbons (Fsp3) is 0.176. The van der Waals surface area contributed by atoms with Gasteiger partial charge in [-0.1, -0.05) is 48.5 Å². The molecule has 0 aliphatic rings. The zero-order valence-corrected chi connectivity index (χ0v) is 10.9. The number of phenols is 1. The van der Waals surface area contributed by atoms with Gasteiger partial charge >= 0.3 is 0 Å². The monoisotopic (exact) mass is 253 g/mol. The third-order valence-electron chi connectivity index (χ3n) is 3.06. The minimum Gasteiger partial charge on any atom is -0.508 e. The summed E-state index contributed by atoms with van der Waals surface area (Å²) >= 11 is 0. The largest absolute Gasteiger partial charge is 0.508 e.